The number of rotatable bonds is 4. The normalized spacial score (nSPS) is 33.6. The van der Waals surface area contributed by atoms with Crippen molar-refractivity contribution in [3.8, 4) is 11.8 Å². The molecule has 3 aliphatic rings. The largest absolute Gasteiger partial charge is 0.468 e. The summed E-state index contributed by atoms with van der Waals surface area (Å²) >= 11 is 0. The van der Waals surface area contributed by atoms with E-state index < -0.39 is 17.7 Å². The highest BCUT2D eigenvalue weighted by atomic mass is 16.7. The van der Waals surface area contributed by atoms with Crippen molar-refractivity contribution in [3.63, 3.8) is 0 Å². The highest BCUT2D eigenvalue weighted by Crippen LogP contribution is 2.54. The number of carbonyl (C=O) groups is 3. The van der Waals surface area contributed by atoms with Crippen molar-refractivity contribution in [2.24, 2.45) is 23.2 Å². The first-order valence-electron chi connectivity index (χ1n) is 10.4. The third-order valence-corrected chi connectivity index (χ3v) is 6.59. The lowest BCUT2D eigenvalue weighted by Crippen LogP contribution is -2.59. The van der Waals surface area contributed by atoms with E-state index >= 15 is 0 Å². The van der Waals surface area contributed by atoms with Crippen LogP contribution in [0.4, 0.5) is 0 Å². The molecule has 6 nitrogen and oxygen atoms in total. The Labute approximate surface area is 166 Å². The van der Waals surface area contributed by atoms with Crippen molar-refractivity contribution in [2.45, 2.75) is 64.6 Å². The van der Waals surface area contributed by atoms with E-state index in [0.29, 0.717) is 45.3 Å². The van der Waals surface area contributed by atoms with E-state index in [9.17, 15) is 14.4 Å². The van der Waals surface area contributed by atoms with Crippen LogP contribution >= 0.6 is 0 Å². The van der Waals surface area contributed by atoms with Crippen LogP contribution in [0, 0.1) is 35.0 Å². The van der Waals surface area contributed by atoms with Crippen LogP contribution in [0.2, 0.25) is 0 Å². The van der Waals surface area contributed by atoms with Crippen LogP contribution in [-0.2, 0) is 28.6 Å². The van der Waals surface area contributed by atoms with Gasteiger partial charge in [-0.3, -0.25) is 14.4 Å². The Morgan fingerprint density at radius 1 is 1.25 bits per heavy atom. The molecular weight excluding hydrogens is 360 g/mol. The van der Waals surface area contributed by atoms with Crippen LogP contribution in [0.3, 0.4) is 0 Å². The standard InChI is InChI=1S/C22H30O6/c1-15-17(9-4-3-5-11-20-27-12-7-13-28-20)22(21(25)26-2)16(14-18(15)23)8-6-10-19(22)24/h15-17,20H,3-4,6-10,12-14H2,1-2H3/t15?,16-,17-,22+/m0/s1. The molecule has 1 unspecified atom stereocenters. The van der Waals surface area contributed by atoms with Crippen LogP contribution in [0.25, 0.3) is 0 Å². The van der Waals surface area contributed by atoms with Gasteiger partial charge in [-0.1, -0.05) is 12.8 Å². The Kier molecular flexibility index (Phi) is 6.90. The molecule has 4 atom stereocenters. The van der Waals surface area contributed by atoms with Crippen molar-refractivity contribution in [1.29, 1.82) is 0 Å². The van der Waals surface area contributed by atoms with E-state index in [2.05, 4.69) is 11.8 Å². The predicted octanol–water partition coefficient (Wildman–Crippen LogP) is 2.68. The van der Waals surface area contributed by atoms with Gasteiger partial charge in [-0.15, -0.1) is 0 Å². The highest BCUT2D eigenvalue weighted by molar-refractivity contribution is 6.07. The van der Waals surface area contributed by atoms with Crippen molar-refractivity contribution in [3.05, 3.63) is 0 Å². The average Bonchev–Trinajstić information content (AvgIpc) is 2.71. The third kappa shape index (κ3) is 3.88. The zero-order chi connectivity index (χ0) is 20.1. The van der Waals surface area contributed by atoms with Crippen molar-refractivity contribution in [2.75, 3.05) is 20.3 Å². The van der Waals surface area contributed by atoms with Gasteiger partial charge in [0.2, 0.25) is 6.29 Å². The molecule has 0 N–H and O–H groups in total. The first-order valence-corrected chi connectivity index (χ1v) is 10.4. The van der Waals surface area contributed by atoms with Crippen LogP contribution in [0.1, 0.15) is 58.3 Å². The second kappa shape index (κ2) is 9.19. The van der Waals surface area contributed by atoms with Gasteiger partial charge in [-0.2, -0.15) is 0 Å². The third-order valence-electron chi connectivity index (χ3n) is 6.59. The lowest BCUT2D eigenvalue weighted by atomic mass is 9.50. The van der Waals surface area contributed by atoms with Crippen molar-refractivity contribution in [1.82, 2.24) is 0 Å². The molecule has 1 aliphatic heterocycles. The van der Waals surface area contributed by atoms with Gasteiger partial charge in [0.05, 0.1) is 20.3 Å². The van der Waals surface area contributed by atoms with Gasteiger partial charge < -0.3 is 14.2 Å². The van der Waals surface area contributed by atoms with E-state index in [0.717, 1.165) is 19.3 Å². The zero-order valence-corrected chi connectivity index (χ0v) is 16.8. The predicted molar refractivity (Wildman–Crippen MR) is 101 cm³/mol. The van der Waals surface area contributed by atoms with Gasteiger partial charge in [0.15, 0.2) is 5.78 Å². The average molecular weight is 390 g/mol. The summed E-state index contributed by atoms with van der Waals surface area (Å²) in [5, 5.41) is 0. The van der Waals surface area contributed by atoms with E-state index in [1.165, 1.54) is 7.11 Å². The second-order valence-electron chi connectivity index (χ2n) is 8.08. The van der Waals surface area contributed by atoms with E-state index in [-0.39, 0.29) is 29.3 Å². The summed E-state index contributed by atoms with van der Waals surface area (Å²) in [6, 6.07) is 0. The van der Waals surface area contributed by atoms with Crippen LogP contribution in [0.15, 0.2) is 0 Å². The molecule has 0 aromatic carbocycles. The summed E-state index contributed by atoms with van der Waals surface area (Å²) in [7, 11) is 1.34. The lowest BCUT2D eigenvalue weighted by molar-refractivity contribution is -0.178. The van der Waals surface area contributed by atoms with Crippen LogP contribution in [0.5, 0.6) is 0 Å². The fourth-order valence-electron chi connectivity index (χ4n) is 5.21. The maximum atomic E-state index is 13.0. The molecule has 1 heterocycles. The van der Waals surface area contributed by atoms with Crippen molar-refractivity contribution < 1.29 is 28.6 Å². The molecule has 0 bridgehead atoms. The number of esters is 1. The molecule has 2 saturated carbocycles. The molecule has 1 saturated heterocycles. The molecule has 28 heavy (non-hydrogen) atoms. The number of methoxy groups -OCH3 is 1. The molecule has 2 aliphatic carbocycles. The number of hydrogen-bond donors (Lipinski definition) is 0. The van der Waals surface area contributed by atoms with Gasteiger partial charge in [0.25, 0.3) is 0 Å². The Bertz CT molecular complexity index is 658. The number of ketones is 2. The Morgan fingerprint density at radius 3 is 2.71 bits per heavy atom. The summed E-state index contributed by atoms with van der Waals surface area (Å²) < 4.78 is 15.9. The molecule has 0 spiro atoms. The first kappa shape index (κ1) is 21.0. The molecule has 0 radical (unpaired) electrons. The van der Waals surface area contributed by atoms with E-state index in [1.54, 1.807) is 0 Å². The smallest absolute Gasteiger partial charge is 0.319 e. The van der Waals surface area contributed by atoms with Gasteiger partial charge >= 0.3 is 5.97 Å². The van der Waals surface area contributed by atoms with Crippen LogP contribution < -0.4 is 0 Å². The highest BCUT2D eigenvalue weighted by Gasteiger charge is 2.63. The number of fused-ring (bicyclic) bond motifs is 1. The lowest BCUT2D eigenvalue weighted by Gasteiger charge is -2.50. The topological polar surface area (TPSA) is 78.9 Å². The molecule has 0 aromatic rings. The monoisotopic (exact) mass is 390 g/mol. The van der Waals surface area contributed by atoms with Gasteiger partial charge in [-0.05, 0) is 49.9 Å². The van der Waals surface area contributed by atoms with E-state index in [4.69, 9.17) is 14.2 Å². The fourth-order valence-corrected chi connectivity index (χ4v) is 5.21. The fraction of sp³-hybridized carbons (Fsp3) is 0.773. The van der Waals surface area contributed by atoms with Crippen molar-refractivity contribution >= 4 is 17.5 Å². The molecule has 3 fully saturated rings. The minimum atomic E-state index is -1.16. The minimum Gasteiger partial charge on any atom is -0.468 e. The molecule has 0 aromatic heterocycles. The zero-order valence-electron chi connectivity index (χ0n) is 16.8. The number of unbranched alkanes of at least 4 members (excludes halogenated alkanes) is 1. The Morgan fingerprint density at radius 2 is 2.00 bits per heavy atom. The molecule has 6 heteroatoms. The first-order chi connectivity index (χ1) is 13.5. The Balaban J connectivity index is 1.73. The number of Topliss-reactive ketones (excluding diaryl/α,β-unsaturated/α-hetero) is 2. The number of hydrogen-bond acceptors (Lipinski definition) is 6. The quantitative estimate of drug-likeness (QED) is 0.318. The Hall–Kier alpha value is -1.71. The SMILES string of the molecule is COC(=O)[C@]12C(=O)CCC[C@H]1CC(=O)C(C)[C@@H]2CCCC#CC1OCCCO1. The van der Waals surface area contributed by atoms with Gasteiger partial charge in [0.1, 0.15) is 11.2 Å². The summed E-state index contributed by atoms with van der Waals surface area (Å²) in [5.74, 6) is 4.82. The summed E-state index contributed by atoms with van der Waals surface area (Å²) in [6.07, 6.45) is 4.50. The number of carbonyl (C=O) groups excluding carboxylic acids is 3. The summed E-state index contributed by atoms with van der Waals surface area (Å²) in [6.45, 7) is 3.17. The minimum absolute atomic E-state index is 0.0463. The maximum Gasteiger partial charge on any atom is 0.319 e. The molecule has 154 valence electrons. The van der Waals surface area contributed by atoms with Gasteiger partial charge in [-0.25, -0.2) is 0 Å². The van der Waals surface area contributed by atoms with E-state index in [1.807, 2.05) is 6.92 Å². The van der Waals surface area contributed by atoms with Crippen LogP contribution in [-0.4, -0.2) is 44.1 Å². The molecular formula is C22H30O6. The summed E-state index contributed by atoms with van der Waals surface area (Å²) in [4.78, 5) is 38.5. The van der Waals surface area contributed by atoms with Gasteiger partial charge in [0, 0.05) is 25.2 Å². The molecule has 0 amide bonds. The summed E-state index contributed by atoms with van der Waals surface area (Å²) in [5.41, 5.74) is -1.16. The second-order valence-corrected chi connectivity index (χ2v) is 8.08. The number of ether oxygens (including phenoxy) is 3. The molecule has 3 rings (SSSR count). The maximum absolute atomic E-state index is 13.0.